The molecule has 7 nitrogen and oxygen atoms in total. The fourth-order valence-electron chi connectivity index (χ4n) is 3.30. The molecule has 0 aromatic carbocycles. The number of rotatable bonds is 4. The predicted octanol–water partition coefficient (Wildman–Crippen LogP) is 0.506. The van der Waals surface area contributed by atoms with Gasteiger partial charge in [-0.1, -0.05) is 6.07 Å². The van der Waals surface area contributed by atoms with Crippen molar-refractivity contribution >= 4 is 17.8 Å². The van der Waals surface area contributed by atoms with E-state index in [1.54, 1.807) is 17.2 Å². The first kappa shape index (κ1) is 15.5. The number of aliphatic carboxylic acids is 1. The number of hydrogen-bond donors (Lipinski definition) is 1. The minimum Gasteiger partial charge on any atom is -0.480 e. The molecule has 7 heteroatoms. The van der Waals surface area contributed by atoms with Gasteiger partial charge in [0.25, 0.3) is 0 Å². The minimum atomic E-state index is -0.967. The summed E-state index contributed by atoms with van der Waals surface area (Å²) in [5.74, 6) is -1.72. The molecule has 2 aliphatic heterocycles. The molecule has 0 aliphatic carbocycles. The highest BCUT2D eigenvalue weighted by Crippen LogP contribution is 2.26. The van der Waals surface area contributed by atoms with Gasteiger partial charge in [0.1, 0.15) is 6.04 Å². The summed E-state index contributed by atoms with van der Waals surface area (Å²) in [5.41, 5.74) is 0.776. The Balaban J connectivity index is 1.65. The summed E-state index contributed by atoms with van der Waals surface area (Å²) in [6.07, 6.45) is 3.00. The summed E-state index contributed by atoms with van der Waals surface area (Å²) < 4.78 is 0. The van der Waals surface area contributed by atoms with Gasteiger partial charge in [-0.25, -0.2) is 4.79 Å². The second kappa shape index (κ2) is 6.36. The molecule has 2 fully saturated rings. The van der Waals surface area contributed by atoms with Crippen molar-refractivity contribution in [3.8, 4) is 0 Å². The Morgan fingerprint density at radius 3 is 2.87 bits per heavy atom. The highest BCUT2D eigenvalue weighted by Gasteiger charge is 2.41. The zero-order valence-electron chi connectivity index (χ0n) is 12.7. The smallest absolute Gasteiger partial charge is 0.326 e. The summed E-state index contributed by atoms with van der Waals surface area (Å²) in [5, 5.41) is 9.19. The molecule has 1 aromatic heterocycles. The first-order chi connectivity index (χ1) is 11.1. The molecule has 0 radical (unpaired) electrons. The van der Waals surface area contributed by atoms with E-state index in [4.69, 9.17) is 0 Å². The van der Waals surface area contributed by atoms with Crippen LogP contribution in [0.2, 0.25) is 0 Å². The second-order valence-electron chi connectivity index (χ2n) is 6.02. The maximum Gasteiger partial charge on any atom is 0.326 e. The van der Waals surface area contributed by atoms with Gasteiger partial charge in [0, 0.05) is 25.7 Å². The maximum absolute atomic E-state index is 12.6. The van der Waals surface area contributed by atoms with Gasteiger partial charge in [0.2, 0.25) is 11.8 Å². The first-order valence-electron chi connectivity index (χ1n) is 7.77. The molecule has 23 heavy (non-hydrogen) atoms. The molecule has 0 bridgehead atoms. The SMILES string of the molecule is O=C(O)[C@@H]1CCCN1C(=O)[C@H]1CC(=O)N(Cc2ccccn2)C1. The van der Waals surface area contributed by atoms with Crippen LogP contribution in [-0.4, -0.2) is 56.8 Å². The maximum atomic E-state index is 12.6. The Morgan fingerprint density at radius 2 is 2.17 bits per heavy atom. The first-order valence-corrected chi connectivity index (χ1v) is 7.77. The van der Waals surface area contributed by atoms with Crippen LogP contribution < -0.4 is 0 Å². The summed E-state index contributed by atoms with van der Waals surface area (Å²) in [4.78, 5) is 43.2. The van der Waals surface area contributed by atoms with Crippen LogP contribution in [-0.2, 0) is 20.9 Å². The van der Waals surface area contributed by atoms with Crippen molar-refractivity contribution in [1.29, 1.82) is 0 Å². The molecule has 0 unspecified atom stereocenters. The molecule has 1 aromatic rings. The van der Waals surface area contributed by atoms with E-state index in [-0.39, 0.29) is 18.2 Å². The quantitative estimate of drug-likeness (QED) is 0.873. The van der Waals surface area contributed by atoms with Crippen LogP contribution in [0.5, 0.6) is 0 Å². The lowest BCUT2D eigenvalue weighted by molar-refractivity contribution is -0.149. The van der Waals surface area contributed by atoms with Gasteiger partial charge in [-0.2, -0.15) is 0 Å². The van der Waals surface area contributed by atoms with Crippen LogP contribution in [0.4, 0.5) is 0 Å². The molecule has 2 saturated heterocycles. The number of likely N-dealkylation sites (tertiary alicyclic amines) is 2. The summed E-state index contributed by atoms with van der Waals surface area (Å²) in [6, 6.07) is 4.75. The summed E-state index contributed by atoms with van der Waals surface area (Å²) in [6.45, 7) is 1.17. The van der Waals surface area contributed by atoms with Crippen molar-refractivity contribution in [2.24, 2.45) is 5.92 Å². The molecule has 0 spiro atoms. The van der Waals surface area contributed by atoms with Gasteiger partial charge >= 0.3 is 5.97 Å². The number of amides is 2. The molecule has 122 valence electrons. The van der Waals surface area contributed by atoms with Gasteiger partial charge < -0.3 is 14.9 Å². The van der Waals surface area contributed by atoms with E-state index in [1.807, 2.05) is 12.1 Å². The Kier molecular flexibility index (Phi) is 4.27. The summed E-state index contributed by atoms with van der Waals surface area (Å²) >= 11 is 0. The number of carbonyl (C=O) groups is 3. The lowest BCUT2D eigenvalue weighted by Crippen LogP contribution is -2.44. The van der Waals surface area contributed by atoms with Crippen LogP contribution in [0.3, 0.4) is 0 Å². The normalized spacial score (nSPS) is 24.3. The van der Waals surface area contributed by atoms with E-state index in [0.717, 1.165) is 5.69 Å². The van der Waals surface area contributed by atoms with E-state index in [2.05, 4.69) is 4.98 Å². The van der Waals surface area contributed by atoms with Crippen LogP contribution in [0, 0.1) is 5.92 Å². The van der Waals surface area contributed by atoms with E-state index in [9.17, 15) is 19.5 Å². The van der Waals surface area contributed by atoms with Gasteiger partial charge in [-0.05, 0) is 25.0 Å². The molecular weight excluding hydrogens is 298 g/mol. The van der Waals surface area contributed by atoms with Gasteiger partial charge in [-0.15, -0.1) is 0 Å². The van der Waals surface area contributed by atoms with Gasteiger partial charge in [0.15, 0.2) is 0 Å². The number of aromatic nitrogens is 1. The topological polar surface area (TPSA) is 90.8 Å². The largest absolute Gasteiger partial charge is 0.480 e. The zero-order valence-corrected chi connectivity index (χ0v) is 12.7. The highest BCUT2D eigenvalue weighted by molar-refractivity contribution is 5.91. The Bertz CT molecular complexity index is 619. The fourth-order valence-corrected chi connectivity index (χ4v) is 3.30. The predicted molar refractivity (Wildman–Crippen MR) is 80.1 cm³/mol. The number of carboxylic acid groups (broad SMARTS) is 1. The Labute approximate surface area is 133 Å². The number of nitrogens with zero attached hydrogens (tertiary/aromatic N) is 3. The molecule has 2 atom stereocenters. The number of hydrogen-bond acceptors (Lipinski definition) is 4. The number of carbonyl (C=O) groups excluding carboxylic acids is 2. The van der Waals surface area contributed by atoms with Gasteiger partial charge in [-0.3, -0.25) is 14.6 Å². The molecule has 1 N–H and O–H groups in total. The standard InChI is InChI=1S/C16H19N3O4/c20-14-8-11(9-18(14)10-12-4-1-2-6-17-12)15(21)19-7-3-5-13(19)16(22)23/h1-2,4,6,11,13H,3,5,7-10H2,(H,22,23)/t11-,13-/m0/s1. The third kappa shape index (κ3) is 3.18. The molecular formula is C16H19N3O4. The van der Waals surface area contributed by atoms with Crippen molar-refractivity contribution in [2.45, 2.75) is 31.8 Å². The van der Waals surface area contributed by atoms with Crippen molar-refractivity contribution in [1.82, 2.24) is 14.8 Å². The van der Waals surface area contributed by atoms with Crippen LogP contribution in [0.1, 0.15) is 25.0 Å². The van der Waals surface area contributed by atoms with Crippen molar-refractivity contribution in [3.63, 3.8) is 0 Å². The molecule has 3 rings (SSSR count). The number of carboxylic acids is 1. The van der Waals surface area contributed by atoms with Crippen LogP contribution in [0.15, 0.2) is 24.4 Å². The van der Waals surface area contributed by atoms with Gasteiger partial charge in [0.05, 0.1) is 18.2 Å². The van der Waals surface area contributed by atoms with Crippen LogP contribution in [0.25, 0.3) is 0 Å². The lowest BCUT2D eigenvalue weighted by Gasteiger charge is -2.24. The molecule has 0 saturated carbocycles. The Morgan fingerprint density at radius 1 is 1.35 bits per heavy atom. The van der Waals surface area contributed by atoms with Crippen molar-refractivity contribution < 1.29 is 19.5 Å². The van der Waals surface area contributed by atoms with Crippen molar-refractivity contribution in [2.75, 3.05) is 13.1 Å². The van der Waals surface area contributed by atoms with Crippen LogP contribution >= 0.6 is 0 Å². The highest BCUT2D eigenvalue weighted by atomic mass is 16.4. The third-order valence-electron chi connectivity index (χ3n) is 4.46. The third-order valence-corrected chi connectivity index (χ3v) is 4.46. The lowest BCUT2D eigenvalue weighted by atomic mass is 10.1. The molecule has 2 amide bonds. The second-order valence-corrected chi connectivity index (χ2v) is 6.02. The monoisotopic (exact) mass is 317 g/mol. The average Bonchev–Trinajstić information content (AvgIpc) is 3.15. The van der Waals surface area contributed by atoms with E-state index >= 15 is 0 Å². The fraction of sp³-hybridized carbons (Fsp3) is 0.500. The van der Waals surface area contributed by atoms with Crippen molar-refractivity contribution in [3.05, 3.63) is 30.1 Å². The van der Waals surface area contributed by atoms with E-state index in [1.165, 1.54) is 4.90 Å². The average molecular weight is 317 g/mol. The zero-order chi connectivity index (χ0) is 16.4. The van der Waals surface area contributed by atoms with E-state index < -0.39 is 17.9 Å². The van der Waals surface area contributed by atoms with E-state index in [0.29, 0.717) is 32.5 Å². The number of pyridine rings is 1. The Hall–Kier alpha value is -2.44. The molecule has 2 aliphatic rings. The minimum absolute atomic E-state index is 0.0833. The molecule has 3 heterocycles. The summed E-state index contributed by atoms with van der Waals surface area (Å²) in [7, 11) is 0.